The Morgan fingerprint density at radius 3 is 2.88 bits per heavy atom. The second kappa shape index (κ2) is 8.66. The highest BCUT2D eigenvalue weighted by atomic mass is 32.2. The van der Waals surface area contributed by atoms with Crippen LogP contribution in [0.5, 0.6) is 0 Å². The van der Waals surface area contributed by atoms with Crippen LogP contribution in [0.3, 0.4) is 0 Å². The first-order chi connectivity index (χ1) is 8.26. The van der Waals surface area contributed by atoms with E-state index in [9.17, 15) is 0 Å². The Labute approximate surface area is 117 Å². The zero-order valence-corrected chi connectivity index (χ0v) is 12.6. The van der Waals surface area contributed by atoms with Gasteiger partial charge in [-0.2, -0.15) is 11.8 Å². The quantitative estimate of drug-likeness (QED) is 0.474. The topological polar surface area (TPSA) is 24.1 Å². The van der Waals surface area contributed by atoms with Gasteiger partial charge in [-0.3, -0.25) is 0 Å². The Morgan fingerprint density at radius 2 is 2.18 bits per heavy atom. The molecule has 0 spiro atoms. The Hall–Kier alpha value is -0.390. The third kappa shape index (κ3) is 6.19. The summed E-state index contributed by atoms with van der Waals surface area (Å²) in [4.78, 5) is 1.24. The van der Waals surface area contributed by atoms with Gasteiger partial charge in [0.15, 0.2) is 5.11 Å². The molecule has 1 rings (SSSR count). The first kappa shape index (κ1) is 14.7. The maximum absolute atomic E-state index is 5.23. The number of nitrogens with one attached hydrogen (secondary N) is 2. The highest BCUT2D eigenvalue weighted by molar-refractivity contribution is 7.98. The van der Waals surface area contributed by atoms with Crippen molar-refractivity contribution in [2.24, 2.45) is 0 Å². The zero-order chi connectivity index (χ0) is 12.5. The Morgan fingerprint density at radius 1 is 1.35 bits per heavy atom. The van der Waals surface area contributed by atoms with Gasteiger partial charge in [0, 0.05) is 17.1 Å². The third-order valence-electron chi connectivity index (χ3n) is 2.14. The summed E-state index contributed by atoms with van der Waals surface area (Å²) >= 11 is 8.81. The third-order valence-corrected chi connectivity index (χ3v) is 3.81. The van der Waals surface area contributed by atoms with E-state index in [4.69, 9.17) is 12.2 Å². The van der Waals surface area contributed by atoms with Gasteiger partial charge in [-0.1, -0.05) is 6.07 Å². The molecule has 0 fully saturated rings. The second-order valence-electron chi connectivity index (χ2n) is 3.46. The summed E-state index contributed by atoms with van der Waals surface area (Å²) in [6.07, 6.45) is 5.32. The molecule has 94 valence electrons. The van der Waals surface area contributed by atoms with Gasteiger partial charge < -0.3 is 10.6 Å². The van der Waals surface area contributed by atoms with E-state index in [0.29, 0.717) is 5.11 Å². The Bertz CT molecular complexity index is 355. The molecular weight excluding hydrogens is 268 g/mol. The average molecular weight is 286 g/mol. The number of hydrogen-bond acceptors (Lipinski definition) is 3. The van der Waals surface area contributed by atoms with Crippen LogP contribution in [0.15, 0.2) is 29.2 Å². The fraction of sp³-hybridized carbons (Fsp3) is 0.417. The largest absolute Gasteiger partial charge is 0.362 e. The molecule has 1 aromatic rings. The van der Waals surface area contributed by atoms with Gasteiger partial charge in [0.05, 0.1) is 0 Å². The van der Waals surface area contributed by atoms with Gasteiger partial charge in [-0.15, -0.1) is 11.8 Å². The summed E-state index contributed by atoms with van der Waals surface area (Å²) in [5, 5.41) is 7.10. The first-order valence-electron chi connectivity index (χ1n) is 5.44. The molecule has 0 aromatic heterocycles. The Balaban J connectivity index is 2.34. The normalized spacial score (nSPS) is 10.0. The highest BCUT2D eigenvalue weighted by Gasteiger charge is 1.98. The maximum Gasteiger partial charge on any atom is 0.170 e. The predicted molar refractivity (Wildman–Crippen MR) is 85.4 cm³/mol. The van der Waals surface area contributed by atoms with Crippen molar-refractivity contribution in [3.8, 4) is 0 Å². The van der Waals surface area contributed by atoms with Crippen molar-refractivity contribution >= 4 is 46.5 Å². The van der Waals surface area contributed by atoms with E-state index in [-0.39, 0.29) is 0 Å². The molecular formula is C12H18N2S3. The number of hydrogen-bond donors (Lipinski definition) is 2. The molecule has 2 nitrogen and oxygen atoms in total. The van der Waals surface area contributed by atoms with E-state index >= 15 is 0 Å². The van der Waals surface area contributed by atoms with Crippen molar-refractivity contribution in [3.05, 3.63) is 24.3 Å². The molecule has 1 aromatic carbocycles. The SMILES string of the molecule is CSCCCNC(=S)Nc1cccc(SC)c1. The number of rotatable bonds is 6. The van der Waals surface area contributed by atoms with Gasteiger partial charge in [0.25, 0.3) is 0 Å². The van der Waals surface area contributed by atoms with Crippen molar-refractivity contribution in [1.82, 2.24) is 5.32 Å². The predicted octanol–water partition coefficient (Wildman–Crippen LogP) is 3.45. The van der Waals surface area contributed by atoms with Crippen LogP contribution in [0.2, 0.25) is 0 Å². The Kier molecular flexibility index (Phi) is 7.48. The van der Waals surface area contributed by atoms with Crippen LogP contribution in [0.25, 0.3) is 0 Å². The molecule has 0 bridgehead atoms. The standard InChI is InChI=1S/C12H18N2S3/c1-16-8-4-7-13-12(15)14-10-5-3-6-11(9-10)17-2/h3,5-6,9H,4,7-8H2,1-2H3,(H2,13,14,15). The van der Waals surface area contributed by atoms with Gasteiger partial charge in [-0.25, -0.2) is 0 Å². The van der Waals surface area contributed by atoms with Gasteiger partial charge in [0.2, 0.25) is 0 Å². The number of anilines is 1. The monoisotopic (exact) mass is 286 g/mol. The average Bonchev–Trinajstić information content (AvgIpc) is 2.35. The minimum Gasteiger partial charge on any atom is -0.362 e. The van der Waals surface area contributed by atoms with Crippen LogP contribution in [0.1, 0.15) is 6.42 Å². The van der Waals surface area contributed by atoms with Crippen molar-refractivity contribution in [2.75, 3.05) is 30.1 Å². The smallest absolute Gasteiger partial charge is 0.170 e. The van der Waals surface area contributed by atoms with Gasteiger partial charge in [-0.05, 0) is 55.1 Å². The number of benzene rings is 1. The van der Waals surface area contributed by atoms with Crippen molar-refractivity contribution in [3.63, 3.8) is 0 Å². The molecule has 5 heteroatoms. The molecule has 0 aliphatic rings. The fourth-order valence-electron chi connectivity index (χ4n) is 1.29. The summed E-state index contributed by atoms with van der Waals surface area (Å²) in [6, 6.07) is 8.24. The van der Waals surface area contributed by atoms with Crippen molar-refractivity contribution in [2.45, 2.75) is 11.3 Å². The van der Waals surface area contributed by atoms with Crippen LogP contribution in [0, 0.1) is 0 Å². The molecule has 0 saturated carbocycles. The molecule has 0 radical (unpaired) electrons. The van der Waals surface area contributed by atoms with Crippen molar-refractivity contribution in [1.29, 1.82) is 0 Å². The maximum atomic E-state index is 5.23. The molecule has 0 unspecified atom stereocenters. The summed E-state index contributed by atoms with van der Waals surface area (Å²) in [7, 11) is 0. The summed E-state index contributed by atoms with van der Waals surface area (Å²) < 4.78 is 0. The van der Waals surface area contributed by atoms with Crippen LogP contribution < -0.4 is 10.6 Å². The molecule has 0 atom stereocenters. The van der Waals surface area contributed by atoms with Crippen LogP contribution in [-0.4, -0.2) is 29.9 Å². The highest BCUT2D eigenvalue weighted by Crippen LogP contribution is 2.18. The van der Waals surface area contributed by atoms with E-state index in [0.717, 1.165) is 24.4 Å². The zero-order valence-electron chi connectivity index (χ0n) is 10.2. The fourth-order valence-corrected chi connectivity index (χ4v) is 2.41. The number of thioether (sulfide) groups is 2. The van der Waals surface area contributed by atoms with Crippen LogP contribution >= 0.6 is 35.7 Å². The van der Waals surface area contributed by atoms with Gasteiger partial charge >= 0.3 is 0 Å². The minimum atomic E-state index is 0.698. The molecule has 0 aliphatic heterocycles. The molecule has 2 N–H and O–H groups in total. The lowest BCUT2D eigenvalue weighted by Gasteiger charge is -2.10. The lowest BCUT2D eigenvalue weighted by atomic mass is 10.3. The van der Waals surface area contributed by atoms with Crippen LogP contribution in [-0.2, 0) is 0 Å². The van der Waals surface area contributed by atoms with Crippen molar-refractivity contribution < 1.29 is 0 Å². The second-order valence-corrected chi connectivity index (χ2v) is 5.73. The van der Waals surface area contributed by atoms with E-state index in [1.165, 1.54) is 4.90 Å². The lowest BCUT2D eigenvalue weighted by molar-refractivity contribution is 0.855. The lowest BCUT2D eigenvalue weighted by Crippen LogP contribution is -2.29. The molecule has 17 heavy (non-hydrogen) atoms. The van der Waals surface area contributed by atoms with E-state index in [1.807, 2.05) is 23.9 Å². The van der Waals surface area contributed by atoms with E-state index in [1.54, 1.807) is 11.8 Å². The number of thiocarbonyl (C=S) groups is 1. The summed E-state index contributed by atoms with van der Waals surface area (Å²) in [6.45, 7) is 0.925. The summed E-state index contributed by atoms with van der Waals surface area (Å²) in [5.41, 5.74) is 1.04. The summed E-state index contributed by atoms with van der Waals surface area (Å²) in [5.74, 6) is 1.16. The van der Waals surface area contributed by atoms with E-state index in [2.05, 4.69) is 35.3 Å². The molecule has 0 aliphatic carbocycles. The van der Waals surface area contributed by atoms with Gasteiger partial charge in [0.1, 0.15) is 0 Å². The molecule has 0 heterocycles. The minimum absolute atomic E-state index is 0.698. The molecule has 0 saturated heterocycles. The first-order valence-corrected chi connectivity index (χ1v) is 8.47. The molecule has 0 amide bonds. The van der Waals surface area contributed by atoms with E-state index < -0.39 is 0 Å². The van der Waals surface area contributed by atoms with Crippen LogP contribution in [0.4, 0.5) is 5.69 Å².